The van der Waals surface area contributed by atoms with E-state index in [-0.39, 0.29) is 12.4 Å². The third-order valence-electron chi connectivity index (χ3n) is 2.69. The van der Waals surface area contributed by atoms with Crippen LogP contribution in [0.4, 0.5) is 0 Å². The highest BCUT2D eigenvalue weighted by molar-refractivity contribution is 5.91. The van der Waals surface area contributed by atoms with Crippen molar-refractivity contribution < 1.29 is 19.4 Å². The predicted octanol–water partition coefficient (Wildman–Crippen LogP) is 2.44. The molecule has 0 heterocycles. The Morgan fingerprint density at radius 2 is 2.00 bits per heavy atom. The van der Waals surface area contributed by atoms with E-state index in [9.17, 15) is 9.59 Å². The lowest BCUT2D eigenvalue weighted by molar-refractivity contribution is -0.136. The van der Waals surface area contributed by atoms with Gasteiger partial charge in [0.1, 0.15) is 0 Å². The third kappa shape index (κ3) is 3.87. The predicted molar refractivity (Wildman–Crippen MR) is 67.7 cm³/mol. The van der Waals surface area contributed by atoms with Crippen LogP contribution in [0.15, 0.2) is 18.2 Å². The molecule has 0 aliphatic rings. The maximum atomic E-state index is 11.8. The largest absolute Gasteiger partial charge is 0.481 e. The summed E-state index contributed by atoms with van der Waals surface area (Å²) < 4.78 is 4.99. The molecule has 0 fully saturated rings. The Bertz CT molecular complexity index is 437. The summed E-state index contributed by atoms with van der Waals surface area (Å²) in [5.41, 5.74) is 2.25. The standard InChI is InChI=1S/C14H18O4/c1-3-10-5-6-11(7-8-13(15)16)12(9-10)14(17)18-4-2/h5-6,9H,3-4,7-8H2,1-2H3,(H,15,16). The van der Waals surface area contributed by atoms with Gasteiger partial charge in [-0.15, -0.1) is 0 Å². The van der Waals surface area contributed by atoms with Gasteiger partial charge < -0.3 is 9.84 Å². The topological polar surface area (TPSA) is 63.6 Å². The van der Waals surface area contributed by atoms with E-state index in [0.29, 0.717) is 18.6 Å². The molecule has 0 aromatic heterocycles. The highest BCUT2D eigenvalue weighted by Crippen LogP contribution is 2.16. The number of aliphatic carboxylic acids is 1. The third-order valence-corrected chi connectivity index (χ3v) is 2.69. The summed E-state index contributed by atoms with van der Waals surface area (Å²) in [7, 11) is 0. The van der Waals surface area contributed by atoms with Gasteiger partial charge in [-0.3, -0.25) is 4.79 Å². The number of aryl methyl sites for hydroxylation is 2. The van der Waals surface area contributed by atoms with Crippen molar-refractivity contribution in [3.63, 3.8) is 0 Å². The van der Waals surface area contributed by atoms with Gasteiger partial charge in [-0.05, 0) is 37.0 Å². The summed E-state index contributed by atoms with van der Waals surface area (Å²) in [5, 5.41) is 8.69. The van der Waals surface area contributed by atoms with E-state index in [0.717, 1.165) is 17.5 Å². The molecular formula is C14H18O4. The molecule has 4 heteroatoms. The molecule has 1 rings (SSSR count). The monoisotopic (exact) mass is 250 g/mol. The minimum Gasteiger partial charge on any atom is -0.481 e. The normalized spacial score (nSPS) is 10.1. The fraction of sp³-hybridized carbons (Fsp3) is 0.429. The molecule has 0 unspecified atom stereocenters. The average Bonchev–Trinajstić information content (AvgIpc) is 2.36. The van der Waals surface area contributed by atoms with Gasteiger partial charge in [-0.25, -0.2) is 4.79 Å². The number of esters is 1. The van der Waals surface area contributed by atoms with Crippen LogP contribution in [0.5, 0.6) is 0 Å². The van der Waals surface area contributed by atoms with Crippen LogP contribution in [0.25, 0.3) is 0 Å². The van der Waals surface area contributed by atoms with Crippen molar-refractivity contribution in [2.24, 2.45) is 0 Å². The first-order valence-electron chi connectivity index (χ1n) is 6.09. The second-order valence-corrected chi connectivity index (χ2v) is 3.96. The number of carbonyl (C=O) groups is 2. The van der Waals surface area contributed by atoms with Gasteiger partial charge in [0.05, 0.1) is 12.2 Å². The van der Waals surface area contributed by atoms with Crippen molar-refractivity contribution in [1.29, 1.82) is 0 Å². The van der Waals surface area contributed by atoms with Crippen LogP contribution in [-0.2, 0) is 22.4 Å². The zero-order chi connectivity index (χ0) is 13.5. The molecular weight excluding hydrogens is 232 g/mol. The molecule has 0 radical (unpaired) electrons. The van der Waals surface area contributed by atoms with Crippen LogP contribution in [-0.4, -0.2) is 23.7 Å². The number of benzene rings is 1. The van der Waals surface area contributed by atoms with Crippen molar-refractivity contribution in [3.05, 3.63) is 34.9 Å². The summed E-state index contributed by atoms with van der Waals surface area (Å²) >= 11 is 0. The van der Waals surface area contributed by atoms with Crippen molar-refractivity contribution in [2.45, 2.75) is 33.1 Å². The molecule has 0 bridgehead atoms. The molecule has 1 aromatic carbocycles. The van der Waals surface area contributed by atoms with E-state index >= 15 is 0 Å². The zero-order valence-electron chi connectivity index (χ0n) is 10.7. The molecule has 18 heavy (non-hydrogen) atoms. The molecule has 4 nitrogen and oxygen atoms in total. The quantitative estimate of drug-likeness (QED) is 0.788. The van der Waals surface area contributed by atoms with Crippen LogP contribution >= 0.6 is 0 Å². The highest BCUT2D eigenvalue weighted by atomic mass is 16.5. The van der Waals surface area contributed by atoms with E-state index in [1.165, 1.54) is 0 Å². The molecule has 0 saturated carbocycles. The Kier molecular flexibility index (Phi) is 5.36. The Labute approximate surface area is 107 Å². The average molecular weight is 250 g/mol. The van der Waals surface area contributed by atoms with Crippen LogP contribution in [0.2, 0.25) is 0 Å². The fourth-order valence-electron chi connectivity index (χ4n) is 1.70. The van der Waals surface area contributed by atoms with Crippen molar-refractivity contribution in [1.82, 2.24) is 0 Å². The smallest absolute Gasteiger partial charge is 0.338 e. The first-order chi connectivity index (χ1) is 8.58. The number of carboxylic acid groups (broad SMARTS) is 1. The second-order valence-electron chi connectivity index (χ2n) is 3.96. The fourth-order valence-corrected chi connectivity index (χ4v) is 1.70. The number of hydrogen-bond donors (Lipinski definition) is 1. The lowest BCUT2D eigenvalue weighted by Gasteiger charge is -2.09. The molecule has 0 aliphatic carbocycles. The number of ether oxygens (including phenoxy) is 1. The van der Waals surface area contributed by atoms with Crippen LogP contribution in [0, 0.1) is 0 Å². The summed E-state index contributed by atoms with van der Waals surface area (Å²) in [6, 6.07) is 5.52. The Morgan fingerprint density at radius 3 is 2.56 bits per heavy atom. The molecule has 0 spiro atoms. The SMILES string of the molecule is CCOC(=O)c1cc(CC)ccc1CCC(=O)O. The van der Waals surface area contributed by atoms with Gasteiger partial charge in [0.2, 0.25) is 0 Å². The van der Waals surface area contributed by atoms with Crippen molar-refractivity contribution in [2.75, 3.05) is 6.61 Å². The minimum absolute atomic E-state index is 0.0118. The van der Waals surface area contributed by atoms with E-state index in [1.54, 1.807) is 13.0 Å². The van der Waals surface area contributed by atoms with Gasteiger partial charge in [0, 0.05) is 6.42 Å². The number of rotatable bonds is 6. The summed E-state index contributed by atoms with van der Waals surface area (Å²) in [6.45, 7) is 4.06. The summed E-state index contributed by atoms with van der Waals surface area (Å²) in [4.78, 5) is 22.4. The number of carboxylic acids is 1. The van der Waals surface area contributed by atoms with E-state index in [4.69, 9.17) is 9.84 Å². The Morgan fingerprint density at radius 1 is 1.28 bits per heavy atom. The van der Waals surface area contributed by atoms with Gasteiger partial charge in [-0.2, -0.15) is 0 Å². The van der Waals surface area contributed by atoms with Gasteiger partial charge in [0.25, 0.3) is 0 Å². The van der Waals surface area contributed by atoms with Crippen LogP contribution in [0.1, 0.15) is 41.8 Å². The van der Waals surface area contributed by atoms with Crippen LogP contribution in [0.3, 0.4) is 0 Å². The molecule has 0 amide bonds. The molecule has 98 valence electrons. The maximum Gasteiger partial charge on any atom is 0.338 e. The van der Waals surface area contributed by atoms with E-state index in [1.807, 2.05) is 19.1 Å². The van der Waals surface area contributed by atoms with Gasteiger partial charge in [-0.1, -0.05) is 19.1 Å². The Balaban J connectivity index is 2.99. The summed E-state index contributed by atoms with van der Waals surface area (Å²) in [5.74, 6) is -1.25. The van der Waals surface area contributed by atoms with Crippen molar-refractivity contribution in [3.8, 4) is 0 Å². The van der Waals surface area contributed by atoms with Gasteiger partial charge in [0.15, 0.2) is 0 Å². The summed E-state index contributed by atoms with van der Waals surface area (Å²) in [6.07, 6.45) is 1.18. The lowest BCUT2D eigenvalue weighted by Crippen LogP contribution is -2.10. The highest BCUT2D eigenvalue weighted by Gasteiger charge is 2.13. The number of hydrogen-bond acceptors (Lipinski definition) is 3. The van der Waals surface area contributed by atoms with Crippen molar-refractivity contribution >= 4 is 11.9 Å². The molecule has 0 aliphatic heterocycles. The second kappa shape index (κ2) is 6.79. The lowest BCUT2D eigenvalue weighted by atomic mass is 9.99. The van der Waals surface area contributed by atoms with E-state index in [2.05, 4.69) is 0 Å². The first-order valence-corrected chi connectivity index (χ1v) is 6.09. The minimum atomic E-state index is -0.871. The maximum absolute atomic E-state index is 11.8. The van der Waals surface area contributed by atoms with Gasteiger partial charge >= 0.3 is 11.9 Å². The van der Waals surface area contributed by atoms with E-state index < -0.39 is 5.97 Å². The zero-order valence-corrected chi connectivity index (χ0v) is 10.7. The molecule has 0 saturated heterocycles. The molecule has 1 aromatic rings. The number of carbonyl (C=O) groups excluding carboxylic acids is 1. The first kappa shape index (κ1) is 14.2. The Hall–Kier alpha value is -1.84. The van der Waals surface area contributed by atoms with Crippen LogP contribution < -0.4 is 0 Å². The molecule has 0 atom stereocenters. The molecule has 1 N–H and O–H groups in total.